The van der Waals surface area contributed by atoms with E-state index in [1.807, 2.05) is 0 Å². The van der Waals surface area contributed by atoms with Gasteiger partial charge in [0.05, 0.1) is 0 Å². The van der Waals surface area contributed by atoms with Crippen LogP contribution in [0.4, 0.5) is 0 Å². The Morgan fingerprint density at radius 2 is 2.20 bits per heavy atom. The molecule has 0 bridgehead atoms. The van der Waals surface area contributed by atoms with Gasteiger partial charge in [0, 0.05) is 0 Å². The first-order valence-electron chi connectivity index (χ1n) is 3.23. The molecule has 1 fully saturated rings. The molecular formula is C6H10O4. The lowest BCUT2D eigenvalue weighted by molar-refractivity contribution is -0.147. The minimum absolute atomic E-state index is 0.525. The Balaban J connectivity index is 2.61. The number of hydrogen-bond donors (Lipinski definition) is 2. The van der Waals surface area contributed by atoms with Gasteiger partial charge in [-0.15, -0.1) is 0 Å². The van der Waals surface area contributed by atoms with Crippen molar-refractivity contribution in [2.45, 2.75) is 31.7 Å². The van der Waals surface area contributed by atoms with Gasteiger partial charge in [0.15, 0.2) is 6.10 Å². The van der Waals surface area contributed by atoms with Crippen molar-refractivity contribution < 1.29 is 19.7 Å². The summed E-state index contributed by atoms with van der Waals surface area (Å²) >= 11 is 0. The molecule has 0 aromatic rings. The van der Waals surface area contributed by atoms with Gasteiger partial charge in [0.25, 0.3) is 0 Å². The first-order chi connectivity index (χ1) is 4.66. The Hall–Kier alpha value is -0.610. The molecule has 2 N–H and O–H groups in total. The van der Waals surface area contributed by atoms with E-state index in [0.717, 1.165) is 0 Å². The van der Waals surface area contributed by atoms with Crippen molar-refractivity contribution in [1.29, 1.82) is 0 Å². The fraction of sp³-hybridized carbons (Fsp3) is 0.833. The predicted octanol–water partition coefficient (Wildman–Crippen LogP) is -0.956. The minimum Gasteiger partial charge on any atom is -0.458 e. The lowest BCUT2D eigenvalue weighted by Gasteiger charge is -2.09. The lowest BCUT2D eigenvalue weighted by Crippen LogP contribution is -2.30. The van der Waals surface area contributed by atoms with Crippen LogP contribution in [0.2, 0.25) is 0 Å². The first-order valence-corrected chi connectivity index (χ1v) is 3.23. The standard InChI is InChI=1S/C6H10O4/c1-2-3-4(7)5(8)6(9)10-3/h3-5,7-8H,2H2,1H3/t3-,4+,5?/m1/s1. The molecule has 1 unspecified atom stereocenters. The van der Waals surface area contributed by atoms with E-state index in [9.17, 15) is 4.79 Å². The molecule has 0 aromatic carbocycles. The van der Waals surface area contributed by atoms with Gasteiger partial charge in [-0.1, -0.05) is 6.92 Å². The topological polar surface area (TPSA) is 66.8 Å². The summed E-state index contributed by atoms with van der Waals surface area (Å²) < 4.78 is 4.60. The molecule has 1 rings (SSSR count). The van der Waals surface area contributed by atoms with Crippen molar-refractivity contribution in [1.82, 2.24) is 0 Å². The number of hydrogen-bond acceptors (Lipinski definition) is 4. The maximum atomic E-state index is 10.5. The van der Waals surface area contributed by atoms with Crippen molar-refractivity contribution in [3.8, 4) is 0 Å². The van der Waals surface area contributed by atoms with E-state index < -0.39 is 24.3 Å². The maximum absolute atomic E-state index is 10.5. The maximum Gasteiger partial charge on any atom is 0.338 e. The Morgan fingerprint density at radius 1 is 1.60 bits per heavy atom. The van der Waals surface area contributed by atoms with Gasteiger partial charge in [0.2, 0.25) is 0 Å². The molecular weight excluding hydrogens is 136 g/mol. The van der Waals surface area contributed by atoms with Crippen LogP contribution in [0.25, 0.3) is 0 Å². The van der Waals surface area contributed by atoms with Crippen LogP contribution in [0.3, 0.4) is 0 Å². The van der Waals surface area contributed by atoms with Crippen LogP contribution in [0.5, 0.6) is 0 Å². The SMILES string of the molecule is CC[C@H]1OC(=O)C(O)[C@H]1O. The van der Waals surface area contributed by atoms with Gasteiger partial charge in [-0.05, 0) is 6.42 Å². The van der Waals surface area contributed by atoms with Gasteiger partial charge in [0.1, 0.15) is 12.2 Å². The van der Waals surface area contributed by atoms with Crippen LogP contribution < -0.4 is 0 Å². The zero-order valence-corrected chi connectivity index (χ0v) is 5.65. The number of aliphatic hydroxyl groups excluding tert-OH is 2. The van der Waals surface area contributed by atoms with Crippen LogP contribution in [-0.2, 0) is 9.53 Å². The second-order valence-corrected chi connectivity index (χ2v) is 2.32. The van der Waals surface area contributed by atoms with Crippen LogP contribution in [0.1, 0.15) is 13.3 Å². The fourth-order valence-electron chi connectivity index (χ4n) is 0.956. The van der Waals surface area contributed by atoms with E-state index in [0.29, 0.717) is 6.42 Å². The Morgan fingerprint density at radius 3 is 2.40 bits per heavy atom. The summed E-state index contributed by atoms with van der Waals surface area (Å²) in [5.74, 6) is -0.723. The summed E-state index contributed by atoms with van der Waals surface area (Å²) in [5.41, 5.74) is 0. The average Bonchev–Trinajstić information content (AvgIpc) is 2.17. The predicted molar refractivity (Wildman–Crippen MR) is 32.2 cm³/mol. The van der Waals surface area contributed by atoms with E-state index >= 15 is 0 Å². The second kappa shape index (κ2) is 2.56. The largest absolute Gasteiger partial charge is 0.458 e. The highest BCUT2D eigenvalue weighted by Gasteiger charge is 2.41. The molecule has 0 aromatic heterocycles. The third-order valence-electron chi connectivity index (χ3n) is 1.62. The van der Waals surface area contributed by atoms with Gasteiger partial charge >= 0.3 is 5.97 Å². The third-order valence-corrected chi connectivity index (χ3v) is 1.62. The number of rotatable bonds is 1. The van der Waals surface area contributed by atoms with Crippen molar-refractivity contribution in [2.24, 2.45) is 0 Å². The molecule has 3 atom stereocenters. The van der Waals surface area contributed by atoms with Crippen LogP contribution in [0, 0.1) is 0 Å². The van der Waals surface area contributed by atoms with Crippen molar-refractivity contribution in [3.05, 3.63) is 0 Å². The Kier molecular flexibility index (Phi) is 1.92. The molecule has 0 amide bonds. The minimum atomic E-state index is -1.34. The summed E-state index contributed by atoms with van der Waals surface area (Å²) in [6.45, 7) is 1.78. The zero-order chi connectivity index (χ0) is 7.72. The van der Waals surface area contributed by atoms with E-state index in [1.165, 1.54) is 0 Å². The quantitative estimate of drug-likeness (QED) is 0.468. The molecule has 4 nitrogen and oxygen atoms in total. The number of ether oxygens (including phenoxy) is 1. The normalized spacial score (nSPS) is 39.9. The van der Waals surface area contributed by atoms with E-state index in [4.69, 9.17) is 10.2 Å². The number of cyclic esters (lactones) is 1. The molecule has 1 aliphatic heterocycles. The van der Waals surface area contributed by atoms with E-state index in [2.05, 4.69) is 4.74 Å². The summed E-state index contributed by atoms with van der Waals surface area (Å²) in [6, 6.07) is 0. The molecule has 10 heavy (non-hydrogen) atoms. The summed E-state index contributed by atoms with van der Waals surface area (Å²) in [4.78, 5) is 10.5. The summed E-state index contributed by atoms with van der Waals surface area (Å²) in [6.07, 6.45) is -2.38. The lowest BCUT2D eigenvalue weighted by atomic mass is 10.1. The molecule has 0 aliphatic carbocycles. The van der Waals surface area contributed by atoms with Crippen LogP contribution >= 0.6 is 0 Å². The number of carbonyl (C=O) groups excluding carboxylic acids is 1. The monoisotopic (exact) mass is 146 g/mol. The van der Waals surface area contributed by atoms with Crippen molar-refractivity contribution in [3.63, 3.8) is 0 Å². The van der Waals surface area contributed by atoms with Crippen molar-refractivity contribution >= 4 is 5.97 Å². The number of carbonyl (C=O) groups is 1. The molecule has 4 heteroatoms. The highest BCUT2D eigenvalue weighted by molar-refractivity contribution is 5.77. The number of esters is 1. The Labute approximate surface area is 58.4 Å². The van der Waals surface area contributed by atoms with Crippen LogP contribution in [0.15, 0.2) is 0 Å². The van der Waals surface area contributed by atoms with Gasteiger partial charge in [-0.25, -0.2) is 4.79 Å². The summed E-state index contributed by atoms with van der Waals surface area (Å²) in [5, 5.41) is 17.9. The van der Waals surface area contributed by atoms with E-state index in [1.54, 1.807) is 6.92 Å². The zero-order valence-electron chi connectivity index (χ0n) is 5.65. The molecule has 0 spiro atoms. The molecule has 1 saturated heterocycles. The smallest absolute Gasteiger partial charge is 0.338 e. The summed E-state index contributed by atoms with van der Waals surface area (Å²) in [7, 11) is 0. The fourth-order valence-corrected chi connectivity index (χ4v) is 0.956. The van der Waals surface area contributed by atoms with Crippen LogP contribution in [-0.4, -0.2) is 34.5 Å². The number of aliphatic hydroxyl groups is 2. The highest BCUT2D eigenvalue weighted by atomic mass is 16.6. The second-order valence-electron chi connectivity index (χ2n) is 2.32. The van der Waals surface area contributed by atoms with Gasteiger partial charge in [-0.2, -0.15) is 0 Å². The first kappa shape index (κ1) is 7.50. The van der Waals surface area contributed by atoms with Crippen molar-refractivity contribution in [2.75, 3.05) is 0 Å². The van der Waals surface area contributed by atoms with Gasteiger partial charge < -0.3 is 14.9 Å². The third kappa shape index (κ3) is 0.998. The molecule has 0 saturated carbocycles. The molecule has 58 valence electrons. The molecule has 1 aliphatic rings. The van der Waals surface area contributed by atoms with Gasteiger partial charge in [-0.3, -0.25) is 0 Å². The molecule has 1 heterocycles. The average molecular weight is 146 g/mol. The Bertz CT molecular complexity index is 145. The van der Waals surface area contributed by atoms with E-state index in [-0.39, 0.29) is 0 Å². The highest BCUT2D eigenvalue weighted by Crippen LogP contribution is 2.17. The molecule has 0 radical (unpaired) electrons.